The number of hydrogen-bond acceptors (Lipinski definition) is 4. The van der Waals surface area contributed by atoms with Crippen molar-refractivity contribution >= 4 is 15.7 Å². The molecule has 6 nitrogen and oxygen atoms in total. The van der Waals surface area contributed by atoms with Gasteiger partial charge in [-0.1, -0.05) is 24.8 Å². The van der Waals surface area contributed by atoms with E-state index < -0.39 is 15.1 Å². The molecule has 0 bridgehead atoms. The van der Waals surface area contributed by atoms with Crippen LogP contribution in [0.3, 0.4) is 0 Å². The van der Waals surface area contributed by atoms with E-state index in [0.29, 0.717) is 5.41 Å². The monoisotopic (exact) mass is 228 g/mol. The fraction of sp³-hybridized carbons (Fsp3) is 0. The van der Waals surface area contributed by atoms with Crippen molar-refractivity contribution in [1.82, 2.24) is 0 Å². The Morgan fingerprint density at radius 3 is 2.27 bits per heavy atom. The number of rotatable bonds is 4. The van der Waals surface area contributed by atoms with Gasteiger partial charge in [-0.15, -0.1) is 0 Å². The molecule has 0 spiro atoms. The molecule has 0 amide bonds. The normalized spacial score (nSPS) is 10.7. The third kappa shape index (κ3) is 2.32. The maximum Gasteiger partial charge on any atom is 0.310 e. The Bertz CT molecular complexity index is 469. The van der Waals surface area contributed by atoms with Crippen LogP contribution in [0.2, 0.25) is 0 Å². The molecule has 7 heteroatoms. The summed E-state index contributed by atoms with van der Waals surface area (Å²) >= 11 is 0. The molecule has 1 aromatic rings. The number of nitrogens with zero attached hydrogens (tertiary/aromatic N) is 2. The molecule has 0 saturated heterocycles. The Hall–Kier alpha value is -1.89. The van der Waals surface area contributed by atoms with E-state index in [4.69, 9.17) is 0 Å². The molecule has 0 heterocycles. The number of sulfonamides is 1. The topological polar surface area (TPSA) is 80.5 Å². The molecule has 0 saturated carbocycles. The molecular formula is C8H8N2O4S. The van der Waals surface area contributed by atoms with Crippen LogP contribution in [-0.2, 0) is 10.0 Å². The Balaban J connectivity index is 3.28. The van der Waals surface area contributed by atoms with Crippen LogP contribution >= 0.6 is 0 Å². The van der Waals surface area contributed by atoms with Crippen LogP contribution in [0.1, 0.15) is 0 Å². The first kappa shape index (κ1) is 11.2. The predicted octanol–water partition coefficient (Wildman–Crippen LogP) is 1.16. The van der Waals surface area contributed by atoms with E-state index in [1.165, 1.54) is 24.3 Å². The lowest BCUT2D eigenvalue weighted by atomic mass is 10.3. The Morgan fingerprint density at radius 1 is 1.33 bits per heavy atom. The largest absolute Gasteiger partial charge is 0.310 e. The summed E-state index contributed by atoms with van der Waals surface area (Å²) in [6, 6.07) is 7.28. The molecule has 0 fully saturated rings. The molecular weight excluding hydrogens is 220 g/mol. The molecule has 1 rings (SSSR count). The molecule has 0 aliphatic carbocycles. The van der Waals surface area contributed by atoms with Crippen molar-refractivity contribution < 1.29 is 13.5 Å². The van der Waals surface area contributed by atoms with Crippen molar-refractivity contribution in [3.8, 4) is 0 Å². The summed E-state index contributed by atoms with van der Waals surface area (Å²) in [7, 11) is -4.11. The van der Waals surface area contributed by atoms with Crippen LogP contribution in [0.4, 0.5) is 5.69 Å². The Labute approximate surface area is 86.6 Å². The number of anilines is 1. The number of benzene rings is 1. The van der Waals surface area contributed by atoms with E-state index in [0.717, 1.165) is 0 Å². The third-order valence-corrected chi connectivity index (χ3v) is 2.82. The van der Waals surface area contributed by atoms with Gasteiger partial charge >= 0.3 is 10.0 Å². The minimum absolute atomic E-state index is 0.0394. The van der Waals surface area contributed by atoms with Gasteiger partial charge in [0.25, 0.3) is 0 Å². The van der Waals surface area contributed by atoms with Gasteiger partial charge in [0.15, 0.2) is 5.03 Å². The number of para-hydroxylation sites is 1. The highest BCUT2D eigenvalue weighted by Crippen LogP contribution is 2.17. The molecule has 0 unspecified atom stereocenters. The van der Waals surface area contributed by atoms with Gasteiger partial charge in [0.2, 0.25) is 0 Å². The van der Waals surface area contributed by atoms with Crippen molar-refractivity contribution in [3.63, 3.8) is 0 Å². The second kappa shape index (κ2) is 4.09. The Kier molecular flexibility index (Phi) is 3.05. The lowest BCUT2D eigenvalue weighted by Crippen LogP contribution is -2.34. The summed E-state index contributed by atoms with van der Waals surface area (Å²) in [6.07, 6.45) is 0. The van der Waals surface area contributed by atoms with Gasteiger partial charge in [-0.3, -0.25) is 0 Å². The van der Waals surface area contributed by atoms with E-state index in [1.54, 1.807) is 6.07 Å². The summed E-state index contributed by atoms with van der Waals surface area (Å²) in [5.74, 6) is 0. The first-order valence-electron chi connectivity index (χ1n) is 3.86. The molecule has 1 aromatic carbocycles. The van der Waals surface area contributed by atoms with Gasteiger partial charge in [0, 0.05) is 9.82 Å². The summed E-state index contributed by atoms with van der Waals surface area (Å²) in [5.41, 5.74) is -0.0394. The zero-order valence-corrected chi connectivity index (χ0v) is 8.42. The molecule has 80 valence electrons. The standard InChI is InChI=1S/C8H8N2O4S/c1-2-15(13,14)9(10(11)12)8-6-4-3-5-7-8/h2-7H,1H2. The SMILES string of the molecule is C=CS(=O)(=O)N(c1ccccc1)[N+](=O)[O-]. The molecule has 0 atom stereocenters. The van der Waals surface area contributed by atoms with Gasteiger partial charge < -0.3 is 0 Å². The first-order valence-corrected chi connectivity index (χ1v) is 5.36. The van der Waals surface area contributed by atoms with Gasteiger partial charge in [0.05, 0.1) is 0 Å². The summed E-state index contributed by atoms with van der Waals surface area (Å²) in [6.45, 7) is 3.03. The summed E-state index contributed by atoms with van der Waals surface area (Å²) in [4.78, 5) is 10.6. The van der Waals surface area contributed by atoms with Gasteiger partial charge in [-0.25, -0.2) is 10.1 Å². The molecule has 0 aliphatic rings. The zero-order valence-electron chi connectivity index (χ0n) is 7.61. The Morgan fingerprint density at radius 2 is 1.87 bits per heavy atom. The minimum Gasteiger partial charge on any atom is -0.233 e. The van der Waals surface area contributed by atoms with E-state index >= 15 is 0 Å². The van der Waals surface area contributed by atoms with Crippen molar-refractivity contribution in [2.75, 3.05) is 4.41 Å². The fourth-order valence-electron chi connectivity index (χ4n) is 0.960. The number of hydrazine groups is 1. The van der Waals surface area contributed by atoms with Crippen LogP contribution in [0, 0.1) is 10.1 Å². The van der Waals surface area contributed by atoms with Crippen molar-refractivity contribution in [2.45, 2.75) is 0 Å². The van der Waals surface area contributed by atoms with Crippen molar-refractivity contribution in [1.29, 1.82) is 0 Å². The van der Waals surface area contributed by atoms with Crippen LogP contribution in [-0.4, -0.2) is 13.5 Å². The minimum atomic E-state index is -4.11. The summed E-state index contributed by atoms with van der Waals surface area (Å²) in [5, 5.41) is 10.1. The average Bonchev–Trinajstić information content (AvgIpc) is 2.18. The first-order chi connectivity index (χ1) is 6.99. The highest BCUT2D eigenvalue weighted by molar-refractivity contribution is 7.95. The molecule has 0 N–H and O–H groups in total. The lowest BCUT2D eigenvalue weighted by Gasteiger charge is -2.10. The van der Waals surface area contributed by atoms with E-state index in [2.05, 4.69) is 6.58 Å². The van der Waals surface area contributed by atoms with E-state index in [1.807, 2.05) is 0 Å². The van der Waals surface area contributed by atoms with Gasteiger partial charge in [-0.2, -0.15) is 8.42 Å². The lowest BCUT2D eigenvalue weighted by molar-refractivity contribution is -0.474. The van der Waals surface area contributed by atoms with Crippen LogP contribution < -0.4 is 4.41 Å². The third-order valence-electron chi connectivity index (χ3n) is 1.58. The highest BCUT2D eigenvalue weighted by atomic mass is 32.2. The van der Waals surface area contributed by atoms with Gasteiger partial charge in [-0.05, 0) is 12.1 Å². The number of nitro groups is 1. The second-order valence-electron chi connectivity index (χ2n) is 2.53. The molecule has 0 aromatic heterocycles. The van der Waals surface area contributed by atoms with Crippen LogP contribution in [0.15, 0.2) is 42.3 Å². The van der Waals surface area contributed by atoms with Crippen molar-refractivity contribution in [2.24, 2.45) is 0 Å². The van der Waals surface area contributed by atoms with E-state index in [-0.39, 0.29) is 10.1 Å². The molecule has 0 radical (unpaired) electrons. The maximum absolute atomic E-state index is 11.3. The molecule has 15 heavy (non-hydrogen) atoms. The van der Waals surface area contributed by atoms with Crippen LogP contribution in [0.25, 0.3) is 0 Å². The quantitative estimate of drug-likeness (QED) is 0.572. The van der Waals surface area contributed by atoms with Crippen LogP contribution in [0.5, 0.6) is 0 Å². The smallest absolute Gasteiger partial charge is 0.233 e. The zero-order chi connectivity index (χ0) is 11.5. The number of hydrogen-bond donors (Lipinski definition) is 0. The predicted molar refractivity (Wildman–Crippen MR) is 55.0 cm³/mol. The maximum atomic E-state index is 11.3. The fourth-order valence-corrected chi connectivity index (χ4v) is 1.70. The highest BCUT2D eigenvalue weighted by Gasteiger charge is 2.29. The summed E-state index contributed by atoms with van der Waals surface area (Å²) < 4.78 is 22.7. The van der Waals surface area contributed by atoms with E-state index in [9.17, 15) is 18.5 Å². The second-order valence-corrected chi connectivity index (χ2v) is 4.24. The average molecular weight is 228 g/mol. The molecule has 0 aliphatic heterocycles. The van der Waals surface area contributed by atoms with Gasteiger partial charge in [0.1, 0.15) is 5.69 Å². The van der Waals surface area contributed by atoms with Crippen molar-refractivity contribution in [3.05, 3.63) is 52.4 Å².